The van der Waals surface area contributed by atoms with Gasteiger partial charge in [-0.15, -0.1) is 11.3 Å². The Balaban J connectivity index is 1.41. The highest BCUT2D eigenvalue weighted by Gasteiger charge is 2.27. The SMILES string of the molecule is Cc1ccc(C)c(-n2nc(C(=O)O)c(C)c2Oc2ccc(NC(=O)c3cccs3)cc2S(=O)(=O)NCc2ccc3c(c2)OCO3)c1. The number of amides is 1. The molecule has 3 aromatic carbocycles. The molecule has 3 N–H and O–H groups in total. The topological polar surface area (TPSA) is 158 Å². The van der Waals surface area contributed by atoms with E-state index in [1.54, 1.807) is 35.7 Å². The molecule has 0 radical (unpaired) electrons. The Morgan fingerprint density at radius 3 is 2.59 bits per heavy atom. The van der Waals surface area contributed by atoms with Crippen LogP contribution in [-0.4, -0.2) is 42.0 Å². The standard InChI is InChI=1S/C32H28N4O8S2/c1-18-6-7-19(2)23(13-18)36-31(20(3)29(35-36)32(38)39)44-25-11-9-22(34-30(37)27-5-4-12-45-27)15-28(25)46(40,41)33-16-21-8-10-24-26(14-21)43-17-42-24/h4-15,33H,16-17H2,1-3H3,(H,34,37)(H,38,39). The summed E-state index contributed by atoms with van der Waals surface area (Å²) in [6.45, 7) is 5.26. The Kier molecular flexibility index (Phi) is 8.25. The van der Waals surface area contributed by atoms with Gasteiger partial charge in [-0.3, -0.25) is 4.79 Å². The molecular weight excluding hydrogens is 633 g/mol. The second-order valence-corrected chi connectivity index (χ2v) is 13.2. The first-order chi connectivity index (χ1) is 22.0. The summed E-state index contributed by atoms with van der Waals surface area (Å²) in [5, 5.41) is 18.7. The lowest BCUT2D eigenvalue weighted by atomic mass is 10.1. The number of nitrogens with one attached hydrogen (secondary N) is 2. The van der Waals surface area contributed by atoms with Crippen LogP contribution >= 0.6 is 11.3 Å². The summed E-state index contributed by atoms with van der Waals surface area (Å²) in [6.07, 6.45) is 0. The van der Waals surface area contributed by atoms with Crippen LogP contribution in [0.5, 0.6) is 23.1 Å². The summed E-state index contributed by atoms with van der Waals surface area (Å²) < 4.78 is 48.7. The number of carbonyl (C=O) groups excluding carboxylic acids is 1. The molecule has 0 aliphatic carbocycles. The first kappa shape index (κ1) is 30.8. The smallest absolute Gasteiger partial charge is 0.356 e. The third-order valence-electron chi connectivity index (χ3n) is 7.21. The fourth-order valence-corrected chi connectivity index (χ4v) is 6.59. The molecule has 14 heteroatoms. The fraction of sp³-hybridized carbons (Fsp3) is 0.156. The monoisotopic (exact) mass is 660 g/mol. The number of ether oxygens (including phenoxy) is 3. The number of carboxylic acids is 1. The zero-order valence-corrected chi connectivity index (χ0v) is 26.5. The lowest BCUT2D eigenvalue weighted by Gasteiger charge is -2.17. The first-order valence-corrected chi connectivity index (χ1v) is 16.3. The number of hydrogen-bond donors (Lipinski definition) is 3. The van der Waals surface area contributed by atoms with E-state index in [1.807, 2.05) is 32.0 Å². The van der Waals surface area contributed by atoms with E-state index in [0.29, 0.717) is 27.6 Å². The van der Waals surface area contributed by atoms with Crippen molar-refractivity contribution in [2.45, 2.75) is 32.2 Å². The number of hydrogen-bond acceptors (Lipinski definition) is 9. The minimum absolute atomic E-state index is 0.0219. The normalized spacial score (nSPS) is 12.2. The van der Waals surface area contributed by atoms with E-state index in [0.717, 1.165) is 11.1 Å². The zero-order chi connectivity index (χ0) is 32.6. The second kappa shape index (κ2) is 12.3. The van der Waals surface area contributed by atoms with Crippen molar-refractivity contribution in [2.75, 3.05) is 12.1 Å². The molecule has 0 saturated heterocycles. The number of thiophene rings is 1. The highest BCUT2D eigenvalue weighted by Crippen LogP contribution is 2.37. The fourth-order valence-electron chi connectivity index (χ4n) is 4.81. The van der Waals surface area contributed by atoms with Crippen molar-refractivity contribution in [2.24, 2.45) is 0 Å². The van der Waals surface area contributed by atoms with Gasteiger partial charge in [-0.05, 0) is 85.3 Å². The van der Waals surface area contributed by atoms with Gasteiger partial charge in [0.15, 0.2) is 17.2 Å². The summed E-state index contributed by atoms with van der Waals surface area (Å²) in [5.41, 5.74) is 3.03. The third-order valence-corrected chi connectivity index (χ3v) is 9.50. The first-order valence-electron chi connectivity index (χ1n) is 14.0. The number of carboxylic acid groups (broad SMARTS) is 1. The highest BCUT2D eigenvalue weighted by atomic mass is 32.2. The molecule has 236 valence electrons. The largest absolute Gasteiger partial charge is 0.476 e. The maximum absolute atomic E-state index is 13.9. The molecule has 1 aliphatic rings. The van der Waals surface area contributed by atoms with E-state index < -0.39 is 21.9 Å². The maximum atomic E-state index is 13.9. The lowest BCUT2D eigenvalue weighted by molar-refractivity contribution is 0.0689. The quantitative estimate of drug-likeness (QED) is 0.168. The molecule has 0 spiro atoms. The average Bonchev–Trinajstić information content (AvgIpc) is 3.79. The number of carbonyl (C=O) groups is 2. The number of nitrogens with zero attached hydrogens (tertiary/aromatic N) is 2. The van der Waals surface area contributed by atoms with Crippen molar-refractivity contribution in [3.8, 4) is 28.8 Å². The Bertz CT molecular complexity index is 2090. The van der Waals surface area contributed by atoms with Gasteiger partial charge in [0.2, 0.25) is 22.7 Å². The van der Waals surface area contributed by atoms with Gasteiger partial charge in [-0.2, -0.15) is 9.78 Å². The van der Waals surface area contributed by atoms with Gasteiger partial charge in [0.25, 0.3) is 5.91 Å². The molecule has 0 saturated carbocycles. The molecule has 2 aromatic heterocycles. The molecule has 46 heavy (non-hydrogen) atoms. The van der Waals surface area contributed by atoms with Gasteiger partial charge in [0.05, 0.1) is 10.6 Å². The summed E-state index contributed by atoms with van der Waals surface area (Å²) in [4.78, 5) is 25.0. The molecular formula is C32H28N4O8S2. The average molecular weight is 661 g/mol. The molecule has 0 atom stereocenters. The van der Waals surface area contributed by atoms with E-state index in [-0.39, 0.29) is 46.8 Å². The van der Waals surface area contributed by atoms with Crippen molar-refractivity contribution >= 4 is 38.9 Å². The molecule has 0 fully saturated rings. The van der Waals surface area contributed by atoms with Gasteiger partial charge in [-0.1, -0.05) is 24.3 Å². The van der Waals surface area contributed by atoms with Crippen LogP contribution < -0.4 is 24.2 Å². The van der Waals surface area contributed by atoms with Gasteiger partial charge < -0.3 is 24.6 Å². The molecule has 0 unspecified atom stereocenters. The van der Waals surface area contributed by atoms with Crippen LogP contribution in [0.3, 0.4) is 0 Å². The minimum Gasteiger partial charge on any atom is -0.476 e. The van der Waals surface area contributed by atoms with Crippen molar-refractivity contribution < 1.29 is 37.3 Å². The highest BCUT2D eigenvalue weighted by molar-refractivity contribution is 7.89. The summed E-state index contributed by atoms with van der Waals surface area (Å²) in [6, 6.07) is 18.3. The molecule has 1 amide bonds. The van der Waals surface area contributed by atoms with Crippen molar-refractivity contribution in [3.05, 3.63) is 105 Å². The van der Waals surface area contributed by atoms with Gasteiger partial charge >= 0.3 is 5.97 Å². The van der Waals surface area contributed by atoms with Crippen LogP contribution in [0, 0.1) is 20.8 Å². The van der Waals surface area contributed by atoms with Crippen LogP contribution in [-0.2, 0) is 16.6 Å². The number of fused-ring (bicyclic) bond motifs is 1. The summed E-state index contributed by atoms with van der Waals surface area (Å²) >= 11 is 1.24. The van der Waals surface area contributed by atoms with Crippen LogP contribution in [0.25, 0.3) is 5.69 Å². The van der Waals surface area contributed by atoms with E-state index >= 15 is 0 Å². The van der Waals surface area contributed by atoms with Crippen molar-refractivity contribution in [3.63, 3.8) is 0 Å². The van der Waals surface area contributed by atoms with E-state index in [1.165, 1.54) is 41.1 Å². The molecule has 3 heterocycles. The van der Waals surface area contributed by atoms with E-state index in [4.69, 9.17) is 14.2 Å². The molecule has 1 aliphatic heterocycles. The summed E-state index contributed by atoms with van der Waals surface area (Å²) in [5.74, 6) is -0.699. The maximum Gasteiger partial charge on any atom is 0.356 e. The van der Waals surface area contributed by atoms with Crippen LogP contribution in [0.4, 0.5) is 5.69 Å². The Morgan fingerprint density at radius 2 is 1.83 bits per heavy atom. The molecule has 6 rings (SSSR count). The molecule has 0 bridgehead atoms. The third kappa shape index (κ3) is 6.18. The van der Waals surface area contributed by atoms with Crippen molar-refractivity contribution in [1.29, 1.82) is 0 Å². The van der Waals surface area contributed by atoms with Gasteiger partial charge in [0, 0.05) is 17.8 Å². The Morgan fingerprint density at radius 1 is 1.02 bits per heavy atom. The zero-order valence-electron chi connectivity index (χ0n) is 24.9. The number of benzene rings is 3. The number of sulfonamides is 1. The molecule has 12 nitrogen and oxygen atoms in total. The van der Waals surface area contributed by atoms with Gasteiger partial charge in [-0.25, -0.2) is 17.9 Å². The lowest BCUT2D eigenvalue weighted by Crippen LogP contribution is -2.24. The summed E-state index contributed by atoms with van der Waals surface area (Å²) in [7, 11) is -4.29. The molecule has 5 aromatic rings. The van der Waals surface area contributed by atoms with E-state index in [9.17, 15) is 23.1 Å². The minimum atomic E-state index is -4.29. The number of aromatic carboxylic acids is 1. The Hall–Kier alpha value is -5.18. The number of aromatic nitrogens is 2. The van der Waals surface area contributed by atoms with Gasteiger partial charge in [0.1, 0.15) is 10.6 Å². The van der Waals surface area contributed by atoms with Crippen LogP contribution in [0.15, 0.2) is 77.0 Å². The van der Waals surface area contributed by atoms with Crippen LogP contribution in [0.1, 0.15) is 42.4 Å². The predicted molar refractivity (Wildman–Crippen MR) is 170 cm³/mol. The predicted octanol–water partition coefficient (Wildman–Crippen LogP) is 5.81. The number of rotatable bonds is 10. The van der Waals surface area contributed by atoms with E-state index in [2.05, 4.69) is 15.1 Å². The van der Waals surface area contributed by atoms with Crippen molar-refractivity contribution in [1.82, 2.24) is 14.5 Å². The second-order valence-electron chi connectivity index (χ2n) is 10.5. The number of aryl methyl sites for hydroxylation is 2. The van der Waals surface area contributed by atoms with Crippen LogP contribution in [0.2, 0.25) is 0 Å². The number of anilines is 1. The Labute approximate surface area is 268 Å².